The van der Waals surface area contributed by atoms with Crippen LogP contribution >= 0.6 is 0 Å². The molecule has 0 atom stereocenters. The standard InChI is InChI=1S/C12H14N2O2/c13-7-3-5-11-10(8-16-14-11)9-4-1-2-6-12(9)15/h1-2,4,6,8,15H,3,5,7,13H2. The fourth-order valence-electron chi connectivity index (χ4n) is 1.63. The second kappa shape index (κ2) is 4.81. The second-order valence-corrected chi connectivity index (χ2v) is 3.58. The molecular weight excluding hydrogens is 204 g/mol. The number of nitrogens with two attached hydrogens (primary N) is 1. The molecule has 0 aliphatic heterocycles. The zero-order chi connectivity index (χ0) is 11.4. The lowest BCUT2D eigenvalue weighted by Crippen LogP contribution is -2.01. The van der Waals surface area contributed by atoms with Crippen LogP contribution in [0.15, 0.2) is 35.1 Å². The number of phenols is 1. The smallest absolute Gasteiger partial charge is 0.132 e. The Balaban J connectivity index is 2.33. The van der Waals surface area contributed by atoms with E-state index < -0.39 is 0 Å². The van der Waals surface area contributed by atoms with Gasteiger partial charge in [-0.15, -0.1) is 0 Å². The van der Waals surface area contributed by atoms with Gasteiger partial charge in [-0.1, -0.05) is 23.4 Å². The van der Waals surface area contributed by atoms with Gasteiger partial charge in [0.15, 0.2) is 0 Å². The number of aromatic nitrogens is 1. The van der Waals surface area contributed by atoms with Crippen LogP contribution in [-0.2, 0) is 6.42 Å². The van der Waals surface area contributed by atoms with Gasteiger partial charge < -0.3 is 15.4 Å². The molecule has 1 aromatic carbocycles. The Morgan fingerprint density at radius 2 is 2.06 bits per heavy atom. The molecule has 0 spiro atoms. The fraction of sp³-hybridized carbons (Fsp3) is 0.250. The number of nitrogens with zero attached hydrogens (tertiary/aromatic N) is 1. The van der Waals surface area contributed by atoms with Crippen molar-refractivity contribution in [3.05, 3.63) is 36.2 Å². The molecule has 84 valence electrons. The SMILES string of the molecule is NCCCc1nocc1-c1ccccc1O. The van der Waals surface area contributed by atoms with Gasteiger partial charge in [0.05, 0.1) is 5.69 Å². The molecular formula is C12H14N2O2. The average Bonchev–Trinajstić information content (AvgIpc) is 2.75. The quantitative estimate of drug-likeness (QED) is 0.822. The third-order valence-corrected chi connectivity index (χ3v) is 2.46. The first-order chi connectivity index (χ1) is 7.83. The molecule has 0 aliphatic carbocycles. The van der Waals surface area contributed by atoms with E-state index in [9.17, 15) is 5.11 Å². The Kier molecular flexibility index (Phi) is 3.22. The lowest BCUT2D eigenvalue weighted by atomic mass is 10.0. The van der Waals surface area contributed by atoms with Crippen LogP contribution in [-0.4, -0.2) is 16.8 Å². The van der Waals surface area contributed by atoms with Gasteiger partial charge in [-0.25, -0.2) is 0 Å². The Hall–Kier alpha value is -1.81. The second-order valence-electron chi connectivity index (χ2n) is 3.58. The lowest BCUT2D eigenvalue weighted by Gasteiger charge is -2.02. The highest BCUT2D eigenvalue weighted by atomic mass is 16.5. The highest BCUT2D eigenvalue weighted by Crippen LogP contribution is 2.31. The molecule has 4 nitrogen and oxygen atoms in total. The van der Waals surface area contributed by atoms with Gasteiger partial charge >= 0.3 is 0 Å². The predicted octanol–water partition coefficient (Wildman–Crippen LogP) is 1.94. The van der Waals surface area contributed by atoms with Gasteiger partial charge in [0.1, 0.15) is 12.0 Å². The van der Waals surface area contributed by atoms with Gasteiger partial charge in [0.2, 0.25) is 0 Å². The minimum Gasteiger partial charge on any atom is -0.507 e. The fourth-order valence-corrected chi connectivity index (χ4v) is 1.63. The average molecular weight is 218 g/mol. The maximum atomic E-state index is 9.74. The number of hydrogen-bond donors (Lipinski definition) is 2. The number of rotatable bonds is 4. The van der Waals surface area contributed by atoms with Crippen LogP contribution in [0.25, 0.3) is 11.1 Å². The minimum atomic E-state index is 0.236. The molecule has 0 aliphatic rings. The van der Waals surface area contributed by atoms with Crippen molar-refractivity contribution in [3.63, 3.8) is 0 Å². The summed E-state index contributed by atoms with van der Waals surface area (Å²) in [6.45, 7) is 0.618. The maximum absolute atomic E-state index is 9.74. The van der Waals surface area contributed by atoms with Crippen LogP contribution in [0.3, 0.4) is 0 Å². The van der Waals surface area contributed by atoms with E-state index in [1.54, 1.807) is 18.4 Å². The summed E-state index contributed by atoms with van der Waals surface area (Å²) >= 11 is 0. The van der Waals surface area contributed by atoms with Crippen LogP contribution in [0.4, 0.5) is 0 Å². The van der Waals surface area contributed by atoms with Crippen molar-refractivity contribution in [2.24, 2.45) is 5.73 Å². The van der Waals surface area contributed by atoms with Gasteiger partial charge in [-0.3, -0.25) is 0 Å². The molecule has 0 fully saturated rings. The topological polar surface area (TPSA) is 72.3 Å². The third kappa shape index (κ3) is 2.06. The first-order valence-corrected chi connectivity index (χ1v) is 5.24. The summed E-state index contributed by atoms with van der Waals surface area (Å²) < 4.78 is 4.95. The highest BCUT2D eigenvalue weighted by molar-refractivity contribution is 5.70. The van der Waals surface area contributed by atoms with Crippen molar-refractivity contribution < 1.29 is 9.63 Å². The Labute approximate surface area is 93.7 Å². The molecule has 0 unspecified atom stereocenters. The molecule has 0 bridgehead atoms. The molecule has 4 heteroatoms. The lowest BCUT2D eigenvalue weighted by molar-refractivity contribution is 0.411. The molecule has 1 heterocycles. The first-order valence-electron chi connectivity index (χ1n) is 5.24. The molecule has 0 saturated carbocycles. The van der Waals surface area contributed by atoms with Crippen molar-refractivity contribution in [1.29, 1.82) is 0 Å². The van der Waals surface area contributed by atoms with Crippen LogP contribution in [0, 0.1) is 0 Å². The van der Waals surface area contributed by atoms with Crippen molar-refractivity contribution in [2.75, 3.05) is 6.54 Å². The molecule has 2 rings (SSSR count). The Bertz CT molecular complexity index is 466. The van der Waals surface area contributed by atoms with Crippen molar-refractivity contribution >= 4 is 0 Å². The number of phenolic OH excluding ortho intramolecular Hbond substituents is 1. The molecule has 3 N–H and O–H groups in total. The van der Waals surface area contributed by atoms with E-state index in [0.29, 0.717) is 6.54 Å². The van der Waals surface area contributed by atoms with E-state index >= 15 is 0 Å². The third-order valence-electron chi connectivity index (χ3n) is 2.46. The van der Waals surface area contributed by atoms with Gasteiger partial charge in [0, 0.05) is 11.1 Å². The van der Waals surface area contributed by atoms with Gasteiger partial charge in [-0.05, 0) is 25.5 Å². The first kappa shape index (κ1) is 10.7. The van der Waals surface area contributed by atoms with E-state index in [0.717, 1.165) is 29.7 Å². The maximum Gasteiger partial charge on any atom is 0.132 e. The summed E-state index contributed by atoms with van der Waals surface area (Å²) in [5.41, 5.74) is 7.88. The number of benzene rings is 1. The molecule has 2 aromatic rings. The minimum absolute atomic E-state index is 0.236. The summed E-state index contributed by atoms with van der Waals surface area (Å²) in [5.74, 6) is 0.236. The summed E-state index contributed by atoms with van der Waals surface area (Å²) in [5, 5.41) is 13.7. The van der Waals surface area contributed by atoms with Gasteiger partial charge in [-0.2, -0.15) is 0 Å². The summed E-state index contributed by atoms with van der Waals surface area (Å²) in [4.78, 5) is 0. The largest absolute Gasteiger partial charge is 0.507 e. The predicted molar refractivity (Wildman–Crippen MR) is 61.0 cm³/mol. The van der Waals surface area contributed by atoms with Gasteiger partial charge in [0.25, 0.3) is 0 Å². The van der Waals surface area contributed by atoms with E-state index in [-0.39, 0.29) is 5.75 Å². The zero-order valence-electron chi connectivity index (χ0n) is 8.89. The highest BCUT2D eigenvalue weighted by Gasteiger charge is 2.12. The van der Waals surface area contributed by atoms with Crippen molar-refractivity contribution in [1.82, 2.24) is 5.16 Å². The van der Waals surface area contributed by atoms with E-state index in [1.165, 1.54) is 0 Å². The van der Waals surface area contributed by atoms with Crippen LogP contribution in [0.5, 0.6) is 5.75 Å². The molecule has 1 aromatic heterocycles. The number of para-hydroxylation sites is 1. The number of aromatic hydroxyl groups is 1. The molecule has 0 radical (unpaired) electrons. The van der Waals surface area contributed by atoms with Crippen LogP contribution < -0.4 is 5.73 Å². The molecule has 0 saturated heterocycles. The van der Waals surface area contributed by atoms with Crippen molar-refractivity contribution in [3.8, 4) is 16.9 Å². The summed E-state index contributed by atoms with van der Waals surface area (Å²) in [7, 11) is 0. The van der Waals surface area contributed by atoms with Crippen LogP contribution in [0.2, 0.25) is 0 Å². The van der Waals surface area contributed by atoms with E-state index in [2.05, 4.69) is 5.16 Å². The zero-order valence-corrected chi connectivity index (χ0v) is 8.89. The van der Waals surface area contributed by atoms with Crippen LogP contribution in [0.1, 0.15) is 12.1 Å². The monoisotopic (exact) mass is 218 g/mol. The Morgan fingerprint density at radius 3 is 2.81 bits per heavy atom. The van der Waals surface area contributed by atoms with E-state index in [1.807, 2.05) is 12.1 Å². The molecule has 16 heavy (non-hydrogen) atoms. The normalized spacial score (nSPS) is 10.6. The molecule has 0 amide bonds. The van der Waals surface area contributed by atoms with E-state index in [4.69, 9.17) is 10.3 Å². The van der Waals surface area contributed by atoms with Crippen molar-refractivity contribution in [2.45, 2.75) is 12.8 Å². The summed E-state index contributed by atoms with van der Waals surface area (Å²) in [6, 6.07) is 7.14. The Morgan fingerprint density at radius 1 is 1.25 bits per heavy atom. The number of hydrogen-bond acceptors (Lipinski definition) is 4. The number of aryl methyl sites for hydroxylation is 1. The summed E-state index contributed by atoms with van der Waals surface area (Å²) in [6.07, 6.45) is 3.17.